The van der Waals surface area contributed by atoms with E-state index in [1.54, 1.807) is 6.20 Å². The molecule has 2 aromatic carbocycles. The van der Waals surface area contributed by atoms with E-state index in [0.29, 0.717) is 44.4 Å². The maximum atomic E-state index is 14.2. The van der Waals surface area contributed by atoms with Crippen molar-refractivity contribution in [1.82, 2.24) is 34.6 Å². The molecule has 0 aliphatic carbocycles. The van der Waals surface area contributed by atoms with E-state index in [2.05, 4.69) is 31.7 Å². The molecule has 0 unspecified atom stereocenters. The minimum absolute atomic E-state index is 0.0330. The third-order valence-corrected chi connectivity index (χ3v) is 10.6. The quantitative estimate of drug-likeness (QED) is 0.263. The normalized spacial score (nSPS) is 19.2. The van der Waals surface area contributed by atoms with Gasteiger partial charge >= 0.3 is 5.69 Å². The van der Waals surface area contributed by atoms with Crippen LogP contribution in [-0.2, 0) is 16.0 Å². The molecular weight excluding hydrogens is 606 g/mol. The van der Waals surface area contributed by atoms with Crippen molar-refractivity contribution >= 4 is 27.8 Å². The second kappa shape index (κ2) is 13.6. The molecule has 1 atom stereocenters. The fourth-order valence-electron chi connectivity index (χ4n) is 7.95. The average Bonchev–Trinajstić information content (AvgIpc) is 3.46. The molecule has 0 bridgehead atoms. The number of fused-ring (bicyclic) bond motifs is 3. The van der Waals surface area contributed by atoms with Crippen molar-refractivity contribution in [3.8, 4) is 5.75 Å². The molecule has 3 aliphatic heterocycles. The number of aromatic hydroxyl groups is 1. The van der Waals surface area contributed by atoms with Gasteiger partial charge in [0.15, 0.2) is 0 Å². The highest BCUT2D eigenvalue weighted by molar-refractivity contribution is 6.01. The molecule has 2 aromatic heterocycles. The van der Waals surface area contributed by atoms with Gasteiger partial charge in [-0.15, -0.1) is 0 Å². The van der Waals surface area contributed by atoms with E-state index in [1.165, 1.54) is 0 Å². The Bertz CT molecular complexity index is 1840. The SMILES string of the molecule is C=C(N[C@H](Cc1cc(C)c(O)c(C)c1)C(=O)N1CCN(C2CCOCC2)CC1)N1CCC(n2c(=O)[nH]c3c4ccccc4ncc32)CC1. The molecule has 7 rings (SSSR count). The second-order valence-corrected chi connectivity index (χ2v) is 13.7. The maximum Gasteiger partial charge on any atom is 0.326 e. The molecule has 48 heavy (non-hydrogen) atoms. The lowest BCUT2D eigenvalue weighted by atomic mass is 9.99. The van der Waals surface area contributed by atoms with Crippen molar-refractivity contribution in [2.24, 2.45) is 0 Å². The molecule has 0 spiro atoms. The molecule has 1 amide bonds. The smallest absolute Gasteiger partial charge is 0.326 e. The number of likely N-dealkylation sites (tertiary alicyclic amines) is 1. The Kier molecular flexibility index (Phi) is 9.15. The second-order valence-electron chi connectivity index (χ2n) is 13.7. The number of H-pyrrole nitrogens is 1. The van der Waals surface area contributed by atoms with Crippen molar-refractivity contribution in [2.45, 2.75) is 64.1 Å². The first kappa shape index (κ1) is 32.2. The highest BCUT2D eigenvalue weighted by Crippen LogP contribution is 2.29. The highest BCUT2D eigenvalue weighted by Gasteiger charge is 2.32. The van der Waals surface area contributed by atoms with E-state index in [4.69, 9.17) is 4.74 Å². The van der Waals surface area contributed by atoms with E-state index < -0.39 is 6.04 Å². The molecule has 3 aliphatic rings. The third kappa shape index (κ3) is 6.41. The number of phenols is 1. The van der Waals surface area contributed by atoms with Crippen LogP contribution in [0.4, 0.5) is 0 Å². The number of imidazole rings is 1. The third-order valence-electron chi connectivity index (χ3n) is 10.6. The number of aromatic nitrogens is 3. The van der Waals surface area contributed by atoms with Crippen LogP contribution in [0.15, 0.2) is 59.8 Å². The number of rotatable bonds is 8. The molecule has 254 valence electrons. The highest BCUT2D eigenvalue weighted by atomic mass is 16.5. The molecule has 11 heteroatoms. The largest absolute Gasteiger partial charge is 0.507 e. The minimum Gasteiger partial charge on any atom is -0.507 e. The Morgan fingerprint density at radius 1 is 1.00 bits per heavy atom. The van der Waals surface area contributed by atoms with Crippen molar-refractivity contribution in [3.63, 3.8) is 0 Å². The number of phenolic OH excluding ortho intramolecular Hbond substituents is 1. The maximum absolute atomic E-state index is 14.2. The van der Waals surface area contributed by atoms with Crippen molar-refractivity contribution in [2.75, 3.05) is 52.5 Å². The number of nitrogens with one attached hydrogen (secondary N) is 2. The molecule has 5 heterocycles. The van der Waals surface area contributed by atoms with Gasteiger partial charge in [-0.25, -0.2) is 4.79 Å². The van der Waals surface area contributed by atoms with Crippen LogP contribution < -0.4 is 11.0 Å². The van der Waals surface area contributed by atoms with Gasteiger partial charge in [0.1, 0.15) is 11.8 Å². The zero-order valence-corrected chi connectivity index (χ0v) is 28.1. The van der Waals surface area contributed by atoms with Gasteiger partial charge < -0.3 is 29.9 Å². The van der Waals surface area contributed by atoms with E-state index in [-0.39, 0.29) is 17.6 Å². The van der Waals surface area contributed by atoms with E-state index >= 15 is 0 Å². The van der Waals surface area contributed by atoms with E-state index in [9.17, 15) is 14.7 Å². The summed E-state index contributed by atoms with van der Waals surface area (Å²) in [6, 6.07) is 11.9. The summed E-state index contributed by atoms with van der Waals surface area (Å²) in [6.07, 6.45) is 5.93. The van der Waals surface area contributed by atoms with Crippen LogP contribution in [0, 0.1) is 13.8 Å². The van der Waals surface area contributed by atoms with Gasteiger partial charge in [0.25, 0.3) is 0 Å². The molecule has 3 N–H and O–H groups in total. The number of aromatic amines is 1. The van der Waals surface area contributed by atoms with Gasteiger partial charge in [-0.2, -0.15) is 0 Å². The van der Waals surface area contributed by atoms with Crippen LogP contribution in [0.2, 0.25) is 0 Å². The summed E-state index contributed by atoms with van der Waals surface area (Å²) < 4.78 is 7.43. The lowest BCUT2D eigenvalue weighted by Gasteiger charge is -2.42. The molecule has 3 saturated heterocycles. The predicted octanol–water partition coefficient (Wildman–Crippen LogP) is 3.83. The van der Waals surface area contributed by atoms with Crippen molar-refractivity contribution in [3.05, 3.63) is 82.2 Å². The van der Waals surface area contributed by atoms with Crippen LogP contribution in [-0.4, -0.2) is 105 Å². The number of para-hydroxylation sites is 1. The topological polar surface area (TPSA) is 119 Å². The standard InChI is InChI=1S/C37H47N7O4/c1-24-20-27(21-25(2)35(24)45)22-32(36(46)43-16-14-42(15-17-43)28-10-18-48-19-11-28)39-26(3)41-12-8-29(9-13-41)44-33-23-38-31-7-5-4-6-30(31)34(33)40-37(44)47/h4-7,20-21,23,28-29,32,39,45H,3,8-19,22H2,1-2H3,(H,40,47)/t32-/m1/s1. The first-order valence-corrected chi connectivity index (χ1v) is 17.3. The number of piperazine rings is 1. The number of hydrogen-bond donors (Lipinski definition) is 3. The number of piperidine rings is 1. The van der Waals surface area contributed by atoms with Gasteiger partial charge in [-0.05, 0) is 62.3 Å². The lowest BCUT2D eigenvalue weighted by Crippen LogP contribution is -2.57. The minimum atomic E-state index is -0.496. The summed E-state index contributed by atoms with van der Waals surface area (Å²) in [4.78, 5) is 41.8. The summed E-state index contributed by atoms with van der Waals surface area (Å²) in [6.45, 7) is 14.4. The number of aryl methyl sites for hydroxylation is 2. The molecule has 0 saturated carbocycles. The van der Waals surface area contributed by atoms with Crippen LogP contribution in [0.1, 0.15) is 48.4 Å². The van der Waals surface area contributed by atoms with E-state index in [0.717, 1.165) is 96.4 Å². The van der Waals surface area contributed by atoms with Crippen LogP contribution >= 0.6 is 0 Å². The number of amides is 1. The summed E-state index contributed by atoms with van der Waals surface area (Å²) in [5.41, 5.74) is 5.01. The Balaban J connectivity index is 1.04. The van der Waals surface area contributed by atoms with Crippen LogP contribution in [0.3, 0.4) is 0 Å². The number of hydrogen-bond acceptors (Lipinski definition) is 8. The number of carbonyl (C=O) groups excluding carboxylic acids is 1. The summed E-state index contributed by atoms with van der Waals surface area (Å²) >= 11 is 0. The number of pyridine rings is 1. The number of ether oxygens (including phenoxy) is 1. The van der Waals surface area contributed by atoms with Crippen LogP contribution in [0.5, 0.6) is 5.75 Å². The fourth-order valence-corrected chi connectivity index (χ4v) is 7.95. The summed E-state index contributed by atoms with van der Waals surface area (Å²) in [5.74, 6) is 1.09. The first-order valence-electron chi connectivity index (χ1n) is 17.3. The Morgan fingerprint density at radius 3 is 2.40 bits per heavy atom. The summed E-state index contributed by atoms with van der Waals surface area (Å²) in [5, 5.41) is 14.9. The van der Waals surface area contributed by atoms with Gasteiger partial charge in [-0.1, -0.05) is 36.9 Å². The van der Waals surface area contributed by atoms with Gasteiger partial charge in [-0.3, -0.25) is 19.2 Å². The zero-order valence-electron chi connectivity index (χ0n) is 28.1. The van der Waals surface area contributed by atoms with Gasteiger partial charge in [0.05, 0.1) is 28.6 Å². The molecular formula is C37H47N7O4. The zero-order chi connectivity index (χ0) is 33.4. The first-order chi connectivity index (χ1) is 23.3. The average molecular weight is 654 g/mol. The molecule has 0 radical (unpaired) electrons. The van der Waals surface area contributed by atoms with E-state index in [1.807, 2.05) is 59.7 Å². The van der Waals surface area contributed by atoms with Crippen molar-refractivity contribution < 1.29 is 14.6 Å². The number of carbonyl (C=O) groups is 1. The monoisotopic (exact) mass is 653 g/mol. The molecule has 4 aromatic rings. The number of nitrogens with zero attached hydrogens (tertiary/aromatic N) is 5. The Labute approximate surface area is 281 Å². The molecule has 11 nitrogen and oxygen atoms in total. The Hall–Kier alpha value is -4.35. The predicted molar refractivity (Wildman–Crippen MR) is 187 cm³/mol. The summed E-state index contributed by atoms with van der Waals surface area (Å²) in [7, 11) is 0. The van der Waals surface area contributed by atoms with Crippen molar-refractivity contribution in [1.29, 1.82) is 0 Å². The van der Waals surface area contributed by atoms with Gasteiger partial charge in [0, 0.05) is 76.4 Å². The molecule has 3 fully saturated rings. The Morgan fingerprint density at radius 2 is 1.69 bits per heavy atom. The van der Waals surface area contributed by atoms with Gasteiger partial charge in [0.2, 0.25) is 5.91 Å². The fraction of sp³-hybridized carbons (Fsp3) is 0.486. The van der Waals surface area contributed by atoms with Crippen LogP contribution in [0.25, 0.3) is 21.9 Å². The lowest BCUT2D eigenvalue weighted by molar-refractivity contribution is -0.135. The number of benzene rings is 2.